The highest BCUT2D eigenvalue weighted by Crippen LogP contribution is 2.24. The summed E-state index contributed by atoms with van der Waals surface area (Å²) in [4.78, 5) is 25.5. The number of nitrogen functional groups attached to an aromatic ring is 1. The van der Waals surface area contributed by atoms with Crippen molar-refractivity contribution < 1.29 is 23.1 Å². The number of carbonyl (C=O) groups is 1. The summed E-state index contributed by atoms with van der Waals surface area (Å²) in [6.07, 6.45) is 3.43. The maximum Gasteiger partial charge on any atom is 0.261 e. The van der Waals surface area contributed by atoms with Gasteiger partial charge in [0.2, 0.25) is 16.0 Å². The van der Waals surface area contributed by atoms with Crippen LogP contribution >= 0.6 is 0 Å². The first-order chi connectivity index (χ1) is 15.8. The van der Waals surface area contributed by atoms with Gasteiger partial charge in [-0.1, -0.05) is 0 Å². The van der Waals surface area contributed by atoms with Crippen molar-refractivity contribution in [2.45, 2.75) is 36.7 Å². The second-order valence-electron chi connectivity index (χ2n) is 7.87. The number of aromatic nitrogens is 2. The Hall–Kier alpha value is -2.93. The molecule has 4 rings (SSSR count). The van der Waals surface area contributed by atoms with Gasteiger partial charge in [-0.15, -0.1) is 0 Å². The van der Waals surface area contributed by atoms with Crippen molar-refractivity contribution >= 4 is 39.1 Å². The number of aliphatic imine (C=N–C) groups is 1. The molecule has 4 N–H and O–H groups in total. The van der Waals surface area contributed by atoms with E-state index in [1.807, 2.05) is 0 Å². The number of benzene rings is 1. The molecular weight excluding hydrogens is 448 g/mol. The number of ether oxygens (including phenoxy) is 1. The van der Waals surface area contributed by atoms with Crippen LogP contribution in [0.3, 0.4) is 0 Å². The van der Waals surface area contributed by atoms with E-state index >= 15 is 0 Å². The Bertz CT molecular complexity index is 1140. The molecule has 12 heteroatoms. The smallest absolute Gasteiger partial charge is 0.261 e. The van der Waals surface area contributed by atoms with Crippen LogP contribution in [0.25, 0.3) is 0 Å². The van der Waals surface area contributed by atoms with Crippen LogP contribution in [0.15, 0.2) is 40.4 Å². The van der Waals surface area contributed by atoms with Gasteiger partial charge >= 0.3 is 0 Å². The molecule has 0 bridgehead atoms. The molecular formula is C21H26N6O5S. The molecule has 1 aliphatic carbocycles. The van der Waals surface area contributed by atoms with Gasteiger partial charge < -0.3 is 20.9 Å². The Kier molecular flexibility index (Phi) is 6.98. The second kappa shape index (κ2) is 9.91. The Labute approximate surface area is 191 Å². The molecule has 176 valence electrons. The summed E-state index contributed by atoms with van der Waals surface area (Å²) in [5, 5.41) is 12.4. The second-order valence-corrected chi connectivity index (χ2v) is 9.81. The molecule has 2 fully saturated rings. The molecule has 1 amide bonds. The topological polar surface area (TPSA) is 160 Å². The van der Waals surface area contributed by atoms with Crippen LogP contribution in [0.2, 0.25) is 0 Å². The van der Waals surface area contributed by atoms with Crippen molar-refractivity contribution in [2.75, 3.05) is 37.4 Å². The summed E-state index contributed by atoms with van der Waals surface area (Å²) in [6.45, 7) is 1.35. The van der Waals surface area contributed by atoms with Crippen molar-refractivity contribution in [2.24, 2.45) is 4.99 Å². The van der Waals surface area contributed by atoms with Crippen LogP contribution in [-0.4, -0.2) is 71.8 Å². The van der Waals surface area contributed by atoms with Gasteiger partial charge in [0.1, 0.15) is 5.56 Å². The quantitative estimate of drug-likeness (QED) is 0.585. The van der Waals surface area contributed by atoms with E-state index in [4.69, 9.17) is 10.5 Å². The molecule has 2 heterocycles. The minimum absolute atomic E-state index is 0.000540. The van der Waals surface area contributed by atoms with Crippen molar-refractivity contribution in [3.63, 3.8) is 0 Å². The van der Waals surface area contributed by atoms with Gasteiger partial charge in [-0.2, -0.15) is 9.29 Å². The molecule has 2 aromatic rings. The first-order valence-electron chi connectivity index (χ1n) is 10.7. The average molecular weight is 475 g/mol. The third-order valence-corrected chi connectivity index (χ3v) is 7.46. The standard InChI is InChI=1S/C21H26N6O5S/c22-21-23-13-18(19(26-21)24-14-1-5-16(28)6-2-14)20(29)25-15-3-7-17(8-4-15)33(30,31)27-9-11-32-12-10-27/h3-4,7-8,13,16,28H,1-2,5-6,9-12H2,(H,25,29)(H2,22,23,26). The summed E-state index contributed by atoms with van der Waals surface area (Å²) >= 11 is 0. The number of hydrogen-bond donors (Lipinski definition) is 3. The van der Waals surface area contributed by atoms with Gasteiger partial charge in [0.15, 0.2) is 5.82 Å². The fraction of sp³-hybridized carbons (Fsp3) is 0.429. The van der Waals surface area contributed by atoms with E-state index in [1.54, 1.807) is 0 Å². The van der Waals surface area contributed by atoms with Crippen molar-refractivity contribution in [3.8, 4) is 0 Å². The monoisotopic (exact) mass is 474 g/mol. The number of carbonyl (C=O) groups excluding carboxylic acids is 1. The number of morpholine rings is 1. The third-order valence-electron chi connectivity index (χ3n) is 5.55. The highest BCUT2D eigenvalue weighted by molar-refractivity contribution is 7.89. The normalized spacial score (nSPS) is 19.8. The van der Waals surface area contributed by atoms with E-state index in [9.17, 15) is 18.3 Å². The molecule has 0 unspecified atom stereocenters. The van der Waals surface area contributed by atoms with E-state index in [-0.39, 0.29) is 28.3 Å². The molecule has 0 radical (unpaired) electrons. The summed E-state index contributed by atoms with van der Waals surface area (Å²) < 4.78 is 32.1. The van der Waals surface area contributed by atoms with E-state index < -0.39 is 15.9 Å². The Morgan fingerprint density at radius 2 is 1.85 bits per heavy atom. The number of rotatable bonds is 5. The van der Waals surface area contributed by atoms with Crippen LogP contribution < -0.4 is 11.1 Å². The molecule has 2 aliphatic rings. The van der Waals surface area contributed by atoms with E-state index in [2.05, 4.69) is 20.3 Å². The fourth-order valence-electron chi connectivity index (χ4n) is 3.67. The van der Waals surface area contributed by atoms with Crippen LogP contribution in [0.4, 0.5) is 17.5 Å². The van der Waals surface area contributed by atoms with Crippen molar-refractivity contribution in [3.05, 3.63) is 36.0 Å². The number of hydrogen-bond acceptors (Lipinski definition) is 9. The first kappa shape index (κ1) is 23.2. The minimum Gasteiger partial charge on any atom is -0.393 e. The van der Waals surface area contributed by atoms with Crippen LogP contribution in [-0.2, 0) is 14.8 Å². The lowest BCUT2D eigenvalue weighted by Crippen LogP contribution is -2.40. The first-order valence-corrected chi connectivity index (χ1v) is 12.1. The predicted molar refractivity (Wildman–Crippen MR) is 122 cm³/mol. The summed E-state index contributed by atoms with van der Waals surface area (Å²) in [7, 11) is -3.62. The zero-order chi connectivity index (χ0) is 23.4. The lowest BCUT2D eigenvalue weighted by atomic mass is 9.96. The highest BCUT2D eigenvalue weighted by atomic mass is 32.2. The molecule has 1 aliphatic heterocycles. The van der Waals surface area contributed by atoms with Gasteiger partial charge in [0, 0.05) is 30.7 Å². The number of sulfonamides is 1. The maximum absolute atomic E-state index is 12.9. The number of nitrogens with one attached hydrogen (secondary N) is 1. The van der Waals surface area contributed by atoms with E-state index in [0.29, 0.717) is 57.7 Å². The summed E-state index contributed by atoms with van der Waals surface area (Å²) in [6, 6.07) is 5.96. The predicted octanol–water partition coefficient (Wildman–Crippen LogP) is 1.34. The largest absolute Gasteiger partial charge is 0.393 e. The van der Waals surface area contributed by atoms with Gasteiger partial charge in [0.25, 0.3) is 5.91 Å². The molecule has 0 spiro atoms. The molecule has 33 heavy (non-hydrogen) atoms. The Morgan fingerprint density at radius 3 is 2.52 bits per heavy atom. The van der Waals surface area contributed by atoms with E-state index in [0.717, 1.165) is 5.71 Å². The van der Waals surface area contributed by atoms with Crippen molar-refractivity contribution in [1.82, 2.24) is 14.3 Å². The number of nitrogens with two attached hydrogens (primary N) is 1. The van der Waals surface area contributed by atoms with Crippen LogP contribution in [0, 0.1) is 0 Å². The molecule has 1 saturated carbocycles. The highest BCUT2D eigenvalue weighted by Gasteiger charge is 2.26. The van der Waals surface area contributed by atoms with E-state index in [1.165, 1.54) is 34.8 Å². The third kappa shape index (κ3) is 5.53. The number of nitrogens with zero attached hydrogens (tertiary/aromatic N) is 4. The maximum atomic E-state index is 12.9. The summed E-state index contributed by atoms with van der Waals surface area (Å²) in [5.41, 5.74) is 7.09. The van der Waals surface area contributed by atoms with Crippen LogP contribution in [0.1, 0.15) is 36.0 Å². The summed E-state index contributed by atoms with van der Waals surface area (Å²) in [5.74, 6) is -0.327. The van der Waals surface area contributed by atoms with Gasteiger partial charge in [-0.25, -0.2) is 18.4 Å². The lowest BCUT2D eigenvalue weighted by Gasteiger charge is -2.26. The Morgan fingerprint density at radius 1 is 1.18 bits per heavy atom. The molecule has 1 aromatic heterocycles. The lowest BCUT2D eigenvalue weighted by molar-refractivity contribution is 0.0730. The fourth-order valence-corrected chi connectivity index (χ4v) is 5.08. The SMILES string of the molecule is Nc1ncc(C(=O)Nc2ccc(S(=O)(=O)N3CCOCC3)cc2)c(N=C2CCC(O)CC2)n1. The zero-order valence-electron chi connectivity index (χ0n) is 18.0. The number of anilines is 2. The van der Waals surface area contributed by atoms with Gasteiger partial charge in [0.05, 0.1) is 24.2 Å². The molecule has 11 nitrogen and oxygen atoms in total. The van der Waals surface area contributed by atoms with Gasteiger partial charge in [-0.05, 0) is 49.9 Å². The molecule has 1 saturated heterocycles. The molecule has 1 aromatic carbocycles. The number of aliphatic hydroxyl groups is 1. The zero-order valence-corrected chi connectivity index (χ0v) is 18.8. The number of aliphatic hydroxyl groups excluding tert-OH is 1. The van der Waals surface area contributed by atoms with Crippen molar-refractivity contribution in [1.29, 1.82) is 0 Å². The average Bonchev–Trinajstić information content (AvgIpc) is 2.81. The van der Waals surface area contributed by atoms with Gasteiger partial charge in [-0.3, -0.25) is 4.79 Å². The number of amides is 1. The minimum atomic E-state index is -3.62. The Balaban J connectivity index is 1.50. The molecule has 0 atom stereocenters. The van der Waals surface area contributed by atoms with Crippen LogP contribution in [0.5, 0.6) is 0 Å².